The standard InChI is InChI=1S/C16H22ClNO3/c1-20-14-7-3-6-13(15(14)21-2)16(19)18-10-4-5-12(11-18)8-9-17/h3,6-7,12H,4-5,8-11H2,1-2H3. The van der Waals surface area contributed by atoms with Crippen molar-refractivity contribution >= 4 is 17.5 Å². The predicted molar refractivity (Wildman–Crippen MR) is 83.5 cm³/mol. The second-order valence-corrected chi connectivity index (χ2v) is 5.66. The van der Waals surface area contributed by atoms with Gasteiger partial charge in [-0.1, -0.05) is 6.07 Å². The molecule has 0 aliphatic carbocycles. The number of carbonyl (C=O) groups excluding carboxylic acids is 1. The van der Waals surface area contributed by atoms with Crippen molar-refractivity contribution in [2.75, 3.05) is 33.2 Å². The van der Waals surface area contributed by atoms with Crippen LogP contribution in [-0.2, 0) is 0 Å². The Bertz CT molecular complexity index is 490. The average Bonchev–Trinajstić information content (AvgIpc) is 2.53. The highest BCUT2D eigenvalue weighted by Gasteiger charge is 2.26. The molecule has 1 amide bonds. The average molecular weight is 312 g/mol. The molecule has 0 N–H and O–H groups in total. The van der Waals surface area contributed by atoms with Gasteiger partial charge in [0, 0.05) is 19.0 Å². The third-order valence-electron chi connectivity index (χ3n) is 3.96. The molecule has 1 saturated heterocycles. The molecule has 1 unspecified atom stereocenters. The summed E-state index contributed by atoms with van der Waals surface area (Å²) in [6.45, 7) is 1.56. The number of likely N-dealkylation sites (tertiary alicyclic amines) is 1. The van der Waals surface area contributed by atoms with Crippen LogP contribution in [0.3, 0.4) is 0 Å². The first kappa shape index (κ1) is 16.0. The van der Waals surface area contributed by atoms with E-state index in [2.05, 4.69) is 0 Å². The Labute approximate surface area is 131 Å². The van der Waals surface area contributed by atoms with Gasteiger partial charge in [0.1, 0.15) is 0 Å². The Morgan fingerprint density at radius 3 is 2.86 bits per heavy atom. The number of hydrogen-bond acceptors (Lipinski definition) is 3. The van der Waals surface area contributed by atoms with Gasteiger partial charge >= 0.3 is 0 Å². The van der Waals surface area contributed by atoms with Crippen LogP contribution in [0.2, 0.25) is 0 Å². The summed E-state index contributed by atoms with van der Waals surface area (Å²) in [5.74, 6) is 2.23. The van der Waals surface area contributed by atoms with Crippen molar-refractivity contribution in [1.29, 1.82) is 0 Å². The smallest absolute Gasteiger partial charge is 0.257 e. The Balaban J connectivity index is 2.19. The molecule has 1 atom stereocenters. The first-order valence-corrected chi connectivity index (χ1v) is 7.81. The van der Waals surface area contributed by atoms with E-state index in [0.717, 1.165) is 32.4 Å². The monoisotopic (exact) mass is 311 g/mol. The van der Waals surface area contributed by atoms with Gasteiger partial charge in [-0.3, -0.25) is 4.79 Å². The molecule has 0 aromatic heterocycles. The van der Waals surface area contributed by atoms with E-state index in [1.165, 1.54) is 0 Å². The second-order valence-electron chi connectivity index (χ2n) is 5.28. The highest BCUT2D eigenvalue weighted by atomic mass is 35.5. The van der Waals surface area contributed by atoms with Crippen LogP contribution >= 0.6 is 11.6 Å². The molecule has 1 heterocycles. The van der Waals surface area contributed by atoms with Gasteiger partial charge in [0.25, 0.3) is 5.91 Å². The van der Waals surface area contributed by atoms with Crippen LogP contribution in [0.1, 0.15) is 29.6 Å². The van der Waals surface area contributed by atoms with Crippen molar-refractivity contribution in [2.24, 2.45) is 5.92 Å². The lowest BCUT2D eigenvalue weighted by Crippen LogP contribution is -2.40. The maximum Gasteiger partial charge on any atom is 0.257 e. The zero-order chi connectivity index (χ0) is 15.2. The first-order valence-electron chi connectivity index (χ1n) is 7.27. The molecular weight excluding hydrogens is 290 g/mol. The van der Waals surface area contributed by atoms with Crippen LogP contribution in [-0.4, -0.2) is 44.0 Å². The summed E-state index contributed by atoms with van der Waals surface area (Å²) >= 11 is 5.83. The molecule has 0 spiro atoms. The molecule has 5 heteroatoms. The summed E-state index contributed by atoms with van der Waals surface area (Å²) in [6, 6.07) is 5.39. The maximum absolute atomic E-state index is 12.8. The van der Waals surface area contributed by atoms with Crippen molar-refractivity contribution in [1.82, 2.24) is 4.90 Å². The minimum Gasteiger partial charge on any atom is -0.493 e. The van der Waals surface area contributed by atoms with Crippen molar-refractivity contribution < 1.29 is 14.3 Å². The normalized spacial score (nSPS) is 18.4. The van der Waals surface area contributed by atoms with E-state index in [4.69, 9.17) is 21.1 Å². The molecule has 1 fully saturated rings. The van der Waals surface area contributed by atoms with Crippen molar-refractivity contribution in [3.05, 3.63) is 23.8 Å². The fourth-order valence-electron chi connectivity index (χ4n) is 2.87. The Morgan fingerprint density at radius 1 is 1.38 bits per heavy atom. The number of methoxy groups -OCH3 is 2. The zero-order valence-electron chi connectivity index (χ0n) is 12.6. The van der Waals surface area contributed by atoms with Crippen LogP contribution < -0.4 is 9.47 Å². The van der Waals surface area contributed by atoms with Crippen molar-refractivity contribution in [2.45, 2.75) is 19.3 Å². The number of benzene rings is 1. The van der Waals surface area contributed by atoms with Crippen LogP contribution in [0.5, 0.6) is 11.5 Å². The highest BCUT2D eigenvalue weighted by molar-refractivity contribution is 6.17. The van der Waals surface area contributed by atoms with Gasteiger partial charge in [-0.25, -0.2) is 0 Å². The van der Waals surface area contributed by atoms with Gasteiger partial charge in [0.05, 0.1) is 19.8 Å². The second kappa shape index (κ2) is 7.55. The lowest BCUT2D eigenvalue weighted by atomic mass is 9.95. The summed E-state index contributed by atoms with van der Waals surface area (Å²) < 4.78 is 10.6. The number of para-hydroxylation sites is 1. The maximum atomic E-state index is 12.8. The van der Waals surface area contributed by atoms with Gasteiger partial charge in [0.15, 0.2) is 11.5 Å². The largest absolute Gasteiger partial charge is 0.493 e. The molecule has 1 aliphatic heterocycles. The Hall–Kier alpha value is -1.42. The lowest BCUT2D eigenvalue weighted by Gasteiger charge is -2.33. The zero-order valence-corrected chi connectivity index (χ0v) is 13.4. The molecule has 1 aromatic carbocycles. The lowest BCUT2D eigenvalue weighted by molar-refractivity contribution is 0.0667. The Morgan fingerprint density at radius 2 is 2.19 bits per heavy atom. The quantitative estimate of drug-likeness (QED) is 0.784. The summed E-state index contributed by atoms with van der Waals surface area (Å²) in [6.07, 6.45) is 3.13. The van der Waals surface area contributed by atoms with E-state index in [1.807, 2.05) is 11.0 Å². The summed E-state index contributed by atoms with van der Waals surface area (Å²) in [4.78, 5) is 14.7. The van der Waals surface area contributed by atoms with E-state index >= 15 is 0 Å². The van der Waals surface area contributed by atoms with Gasteiger partial charge in [-0.05, 0) is 37.3 Å². The first-order chi connectivity index (χ1) is 10.2. The van der Waals surface area contributed by atoms with Crippen molar-refractivity contribution in [3.8, 4) is 11.5 Å². The molecule has 21 heavy (non-hydrogen) atoms. The number of nitrogens with zero attached hydrogens (tertiary/aromatic N) is 1. The van der Waals surface area contributed by atoms with Crippen LogP contribution in [0.4, 0.5) is 0 Å². The van der Waals surface area contributed by atoms with Crippen LogP contribution in [0.25, 0.3) is 0 Å². The highest BCUT2D eigenvalue weighted by Crippen LogP contribution is 2.32. The number of amides is 1. The summed E-state index contributed by atoms with van der Waals surface area (Å²) in [5, 5.41) is 0. The fourth-order valence-corrected chi connectivity index (χ4v) is 3.17. The topological polar surface area (TPSA) is 38.8 Å². The van der Waals surface area contributed by atoms with Gasteiger partial charge in [-0.2, -0.15) is 0 Å². The third-order valence-corrected chi connectivity index (χ3v) is 4.18. The van der Waals surface area contributed by atoms with E-state index in [1.54, 1.807) is 26.4 Å². The number of rotatable bonds is 5. The number of halogens is 1. The SMILES string of the molecule is COc1cccc(C(=O)N2CCCC(CCCl)C2)c1OC. The van der Waals surface area contributed by atoms with Gasteiger partial charge in [0.2, 0.25) is 0 Å². The minimum atomic E-state index is 0.00465. The van der Waals surface area contributed by atoms with E-state index in [-0.39, 0.29) is 5.91 Å². The number of hydrogen-bond donors (Lipinski definition) is 0. The number of piperidine rings is 1. The minimum absolute atomic E-state index is 0.00465. The molecule has 0 bridgehead atoms. The molecule has 0 radical (unpaired) electrons. The van der Waals surface area contributed by atoms with Gasteiger partial charge in [-0.15, -0.1) is 11.6 Å². The fraction of sp³-hybridized carbons (Fsp3) is 0.562. The molecule has 1 aromatic rings. The molecule has 116 valence electrons. The summed E-state index contributed by atoms with van der Waals surface area (Å²) in [5.41, 5.74) is 0.559. The summed E-state index contributed by atoms with van der Waals surface area (Å²) in [7, 11) is 3.13. The predicted octanol–water partition coefficient (Wildman–Crippen LogP) is 3.18. The Kier molecular flexibility index (Phi) is 5.74. The molecule has 0 saturated carbocycles. The van der Waals surface area contributed by atoms with E-state index in [9.17, 15) is 4.79 Å². The van der Waals surface area contributed by atoms with E-state index in [0.29, 0.717) is 28.9 Å². The van der Waals surface area contributed by atoms with Crippen LogP contribution in [0, 0.1) is 5.92 Å². The van der Waals surface area contributed by atoms with Crippen molar-refractivity contribution in [3.63, 3.8) is 0 Å². The number of carbonyl (C=O) groups is 1. The van der Waals surface area contributed by atoms with Crippen LogP contribution in [0.15, 0.2) is 18.2 Å². The van der Waals surface area contributed by atoms with E-state index < -0.39 is 0 Å². The molecule has 1 aliphatic rings. The number of ether oxygens (including phenoxy) is 2. The number of alkyl halides is 1. The molecule has 2 rings (SSSR count). The van der Waals surface area contributed by atoms with Gasteiger partial charge < -0.3 is 14.4 Å². The third kappa shape index (κ3) is 3.62. The molecule has 4 nitrogen and oxygen atoms in total. The molecular formula is C16H22ClNO3.